The molecule has 1 aliphatic heterocycles. The largest absolute Gasteiger partial charge is 0.834 e. The monoisotopic (exact) mass is 481 g/mol. The van der Waals surface area contributed by atoms with Crippen LogP contribution in [0.25, 0.3) is 32.3 Å². The molecule has 0 saturated carbocycles. The van der Waals surface area contributed by atoms with E-state index in [4.69, 9.17) is 4.65 Å². The van der Waals surface area contributed by atoms with Gasteiger partial charge >= 0.3 is 7.04 Å². The van der Waals surface area contributed by atoms with E-state index < -0.39 is 7.04 Å². The van der Waals surface area contributed by atoms with Crippen LogP contribution in [0.5, 0.6) is 5.75 Å². The second-order valence-electron chi connectivity index (χ2n) is 12.1. The summed E-state index contributed by atoms with van der Waals surface area (Å²) in [4.78, 5) is 0. The van der Waals surface area contributed by atoms with E-state index in [0.717, 1.165) is 47.9 Å². The molecule has 5 aromatic carbocycles. The minimum atomic E-state index is -4.34. The second-order valence-corrected chi connectivity index (χ2v) is 12.1. The molecule has 2 nitrogen and oxygen atoms in total. The van der Waals surface area contributed by atoms with E-state index in [1.54, 1.807) is 12.3 Å². The first-order valence-electron chi connectivity index (χ1n) is 12.5. The lowest BCUT2D eigenvalue weighted by Crippen LogP contribution is -2.47. The number of nitrogens with zero attached hydrogens (tertiary/aromatic N) is 1. The summed E-state index contributed by atoms with van der Waals surface area (Å²) in [5.74, 6) is 0.287. The van der Waals surface area contributed by atoms with Crippen LogP contribution in [0.15, 0.2) is 66.7 Å². The van der Waals surface area contributed by atoms with E-state index >= 15 is 8.63 Å². The summed E-state index contributed by atoms with van der Waals surface area (Å²) < 4.78 is 38.5. The zero-order valence-electron chi connectivity index (χ0n) is 21.6. The van der Waals surface area contributed by atoms with Crippen LogP contribution in [0.4, 0.5) is 14.3 Å². The summed E-state index contributed by atoms with van der Waals surface area (Å²) in [5.41, 5.74) is 2.56. The van der Waals surface area contributed by atoms with Gasteiger partial charge in [-0.3, -0.25) is 0 Å². The number of hydrogen-bond acceptors (Lipinski definition) is 1. The lowest BCUT2D eigenvalue weighted by molar-refractivity contribution is -0.341. The lowest BCUT2D eigenvalue weighted by Gasteiger charge is -2.35. The zero-order chi connectivity index (χ0) is 25.6. The van der Waals surface area contributed by atoms with Crippen molar-refractivity contribution >= 4 is 51.3 Å². The summed E-state index contributed by atoms with van der Waals surface area (Å²) in [6.45, 7) is 12.5. The minimum Gasteiger partial charge on any atom is -0.599 e. The van der Waals surface area contributed by atoms with Gasteiger partial charge < -0.3 is 17.8 Å². The number of halogens is 2. The Labute approximate surface area is 210 Å². The van der Waals surface area contributed by atoms with Crippen LogP contribution in [0, 0.1) is 0 Å². The van der Waals surface area contributed by atoms with Crippen LogP contribution in [0.3, 0.4) is 0 Å². The van der Waals surface area contributed by atoms with Gasteiger partial charge in [-0.15, -0.1) is 0 Å². The molecule has 0 atom stereocenters. The van der Waals surface area contributed by atoms with Crippen LogP contribution >= 0.6 is 0 Å². The first-order chi connectivity index (χ1) is 16.8. The van der Waals surface area contributed by atoms with Crippen LogP contribution in [-0.4, -0.2) is 17.7 Å². The minimum absolute atomic E-state index is 0.133. The Balaban J connectivity index is 1.67. The topological polar surface area (TPSA) is 12.2 Å². The van der Waals surface area contributed by atoms with Gasteiger partial charge in [-0.2, -0.15) is 0 Å². The van der Waals surface area contributed by atoms with Crippen molar-refractivity contribution in [2.24, 2.45) is 0 Å². The highest BCUT2D eigenvalue weighted by atomic mass is 19.3. The Morgan fingerprint density at radius 3 is 1.97 bits per heavy atom. The highest BCUT2D eigenvalue weighted by molar-refractivity contribution is 6.53. The quantitative estimate of drug-likeness (QED) is 0.172. The van der Waals surface area contributed by atoms with Crippen molar-refractivity contribution in [3.8, 4) is 5.75 Å². The van der Waals surface area contributed by atoms with E-state index in [9.17, 15) is 0 Å². The molecule has 6 rings (SSSR count). The smallest absolute Gasteiger partial charge is 0.599 e. The number of hydrogen-bond donors (Lipinski definition) is 0. The fourth-order valence-corrected chi connectivity index (χ4v) is 5.48. The van der Waals surface area contributed by atoms with E-state index in [2.05, 4.69) is 45.0 Å². The van der Waals surface area contributed by atoms with Gasteiger partial charge in [0.25, 0.3) is 0 Å². The maximum Gasteiger partial charge on any atom is 0.834 e. The third-order valence-corrected chi connectivity index (χ3v) is 7.44. The van der Waals surface area contributed by atoms with Gasteiger partial charge in [-0.05, 0) is 61.7 Å². The molecule has 36 heavy (non-hydrogen) atoms. The SMILES string of the molecule is CC(C)(C)c1cc2c(c(C(C)(C)C)c1)O[B-](F)(F)[N+](c1ccc3ccc4cccc5ccc1c3c45)=C2. The standard InChI is InChI=1S/C31H30BF2NO/c1-30(2,3)23-16-22-18-35(32(33,34)36-29(22)25(17-23)31(4,5)6)26-15-13-21-11-10-19-8-7-9-20-12-14-24(26)28(21)27(19)20/h7-18H,1-6H3. The molecule has 0 aromatic heterocycles. The van der Waals surface area contributed by atoms with Crippen molar-refractivity contribution < 1.29 is 17.8 Å². The molecule has 182 valence electrons. The van der Waals surface area contributed by atoms with E-state index in [0.29, 0.717) is 11.3 Å². The molecular formula is C31H30BF2NO. The maximum atomic E-state index is 15.9. The van der Waals surface area contributed by atoms with Crippen molar-refractivity contribution in [1.82, 2.24) is 0 Å². The van der Waals surface area contributed by atoms with Crippen molar-refractivity contribution in [2.45, 2.75) is 52.4 Å². The average molecular weight is 481 g/mol. The fourth-order valence-electron chi connectivity index (χ4n) is 5.48. The first-order valence-corrected chi connectivity index (χ1v) is 12.5. The Morgan fingerprint density at radius 1 is 0.722 bits per heavy atom. The molecule has 0 spiro atoms. The second kappa shape index (κ2) is 7.28. The molecule has 0 saturated heterocycles. The van der Waals surface area contributed by atoms with Crippen LogP contribution in [0.1, 0.15) is 58.2 Å². The van der Waals surface area contributed by atoms with Gasteiger partial charge in [-0.1, -0.05) is 84.0 Å². The predicted octanol–water partition coefficient (Wildman–Crippen LogP) is 8.71. The van der Waals surface area contributed by atoms with E-state index in [1.807, 2.05) is 57.2 Å². The third kappa shape index (κ3) is 3.40. The average Bonchev–Trinajstić information content (AvgIpc) is 2.80. The molecule has 0 fully saturated rings. The molecule has 0 aliphatic carbocycles. The Morgan fingerprint density at radius 2 is 1.33 bits per heavy atom. The number of rotatable bonds is 1. The molecule has 0 N–H and O–H groups in total. The number of benzene rings is 5. The predicted molar refractivity (Wildman–Crippen MR) is 148 cm³/mol. The molecule has 0 bridgehead atoms. The maximum absolute atomic E-state index is 15.9. The van der Waals surface area contributed by atoms with E-state index in [1.165, 1.54) is 0 Å². The molecule has 0 radical (unpaired) electrons. The van der Waals surface area contributed by atoms with Gasteiger partial charge in [0.1, 0.15) is 6.21 Å². The molecule has 0 unspecified atom stereocenters. The summed E-state index contributed by atoms with van der Waals surface area (Å²) in [7, 11) is -4.34. The molecule has 1 heterocycles. The van der Waals surface area contributed by atoms with Crippen molar-refractivity contribution in [2.75, 3.05) is 0 Å². The fraction of sp³-hybridized carbons (Fsp3) is 0.258. The third-order valence-electron chi connectivity index (χ3n) is 7.44. The highest BCUT2D eigenvalue weighted by Crippen LogP contribution is 2.44. The van der Waals surface area contributed by atoms with Crippen molar-refractivity contribution in [3.05, 3.63) is 83.4 Å². The van der Waals surface area contributed by atoms with Gasteiger partial charge in [-0.25, -0.2) is 0 Å². The van der Waals surface area contributed by atoms with Gasteiger partial charge in [0.2, 0.25) is 0 Å². The van der Waals surface area contributed by atoms with Crippen LogP contribution in [-0.2, 0) is 10.8 Å². The molecule has 0 amide bonds. The van der Waals surface area contributed by atoms with Crippen LogP contribution < -0.4 is 4.65 Å². The summed E-state index contributed by atoms with van der Waals surface area (Å²) >= 11 is 0. The van der Waals surface area contributed by atoms with Crippen molar-refractivity contribution in [3.63, 3.8) is 0 Å². The highest BCUT2D eigenvalue weighted by Gasteiger charge is 2.51. The Bertz CT molecular complexity index is 1690. The Kier molecular flexibility index (Phi) is 4.65. The molecular weight excluding hydrogens is 451 g/mol. The molecule has 1 aliphatic rings. The van der Waals surface area contributed by atoms with Crippen molar-refractivity contribution in [1.29, 1.82) is 0 Å². The Hall–Kier alpha value is -3.47. The summed E-state index contributed by atoms with van der Waals surface area (Å²) in [6, 6.07) is 22.1. The molecule has 5 aromatic rings. The van der Waals surface area contributed by atoms with Crippen LogP contribution in [0.2, 0.25) is 0 Å². The van der Waals surface area contributed by atoms with Gasteiger partial charge in [0.05, 0.1) is 11.3 Å². The first kappa shape index (κ1) is 23.0. The lowest BCUT2D eigenvalue weighted by atomic mass is 9.78. The van der Waals surface area contributed by atoms with Gasteiger partial charge in [0, 0.05) is 16.8 Å². The molecule has 5 heteroatoms. The normalized spacial score (nSPS) is 15.8. The number of fused-ring (bicyclic) bond motifs is 1. The summed E-state index contributed by atoms with van der Waals surface area (Å²) in [5, 5.41) is 6.16. The zero-order valence-corrected chi connectivity index (χ0v) is 21.6. The summed E-state index contributed by atoms with van der Waals surface area (Å²) in [6.07, 6.45) is 1.59. The van der Waals surface area contributed by atoms with Gasteiger partial charge in [0.15, 0.2) is 5.69 Å². The van der Waals surface area contributed by atoms with E-state index in [-0.39, 0.29) is 16.6 Å².